The third-order valence-corrected chi connectivity index (χ3v) is 4.55. The normalized spacial score (nSPS) is 10.3. The van der Waals surface area contributed by atoms with Gasteiger partial charge in [0.05, 0.1) is 5.75 Å². The lowest BCUT2D eigenvalue weighted by atomic mass is 10.2. The molecule has 0 saturated heterocycles. The number of halogens is 2. The summed E-state index contributed by atoms with van der Waals surface area (Å²) in [6.45, 7) is 0. The number of thioether (sulfide) groups is 1. The minimum Gasteiger partial charge on any atom is -0.325 e. The highest BCUT2D eigenvalue weighted by molar-refractivity contribution is 9.10. The number of hydrogen-bond donors (Lipinski definition) is 1. The van der Waals surface area contributed by atoms with E-state index in [4.69, 9.17) is 11.6 Å². The molecule has 0 spiro atoms. The van der Waals surface area contributed by atoms with E-state index in [1.807, 2.05) is 36.4 Å². The lowest BCUT2D eigenvalue weighted by Crippen LogP contribution is -2.14. The minimum atomic E-state index is -0.0238. The first-order chi connectivity index (χ1) is 9.65. The highest BCUT2D eigenvalue weighted by atomic mass is 79.9. The van der Waals surface area contributed by atoms with Crippen molar-refractivity contribution >= 4 is 50.9 Å². The van der Waals surface area contributed by atoms with Gasteiger partial charge in [-0.1, -0.05) is 51.8 Å². The van der Waals surface area contributed by atoms with Crippen molar-refractivity contribution in [1.29, 1.82) is 0 Å². The van der Waals surface area contributed by atoms with Gasteiger partial charge >= 0.3 is 0 Å². The lowest BCUT2D eigenvalue weighted by Gasteiger charge is -2.06. The Kier molecular flexibility index (Phi) is 5.95. The van der Waals surface area contributed by atoms with Gasteiger partial charge in [0, 0.05) is 20.9 Å². The van der Waals surface area contributed by atoms with Crippen LogP contribution in [0.3, 0.4) is 0 Å². The van der Waals surface area contributed by atoms with Crippen molar-refractivity contribution in [3.63, 3.8) is 0 Å². The number of hydrogen-bond acceptors (Lipinski definition) is 2. The van der Waals surface area contributed by atoms with Crippen LogP contribution < -0.4 is 5.32 Å². The summed E-state index contributed by atoms with van der Waals surface area (Å²) >= 11 is 10.9. The van der Waals surface area contributed by atoms with Crippen molar-refractivity contribution in [2.24, 2.45) is 0 Å². The molecule has 1 N–H and O–H groups in total. The molecular weight excluding hydrogens is 358 g/mol. The number of rotatable bonds is 5. The second kappa shape index (κ2) is 7.72. The standard InChI is InChI=1S/C15H13BrClNOS/c16-14-7-2-1-4-11(14)9-20-10-15(19)18-13-6-3-5-12(17)8-13/h1-8H,9-10H2,(H,18,19). The number of nitrogens with one attached hydrogen (secondary N) is 1. The van der Waals surface area contributed by atoms with Crippen molar-refractivity contribution in [2.45, 2.75) is 5.75 Å². The number of benzene rings is 2. The summed E-state index contributed by atoms with van der Waals surface area (Å²) < 4.78 is 1.07. The summed E-state index contributed by atoms with van der Waals surface area (Å²) in [4.78, 5) is 11.8. The van der Waals surface area contributed by atoms with Crippen LogP contribution in [-0.4, -0.2) is 11.7 Å². The smallest absolute Gasteiger partial charge is 0.234 e. The average Bonchev–Trinajstić information content (AvgIpc) is 2.41. The van der Waals surface area contributed by atoms with E-state index in [-0.39, 0.29) is 5.91 Å². The SMILES string of the molecule is O=C(CSCc1ccccc1Br)Nc1cccc(Cl)c1. The molecule has 2 rings (SSSR count). The van der Waals surface area contributed by atoms with Gasteiger partial charge in [-0.25, -0.2) is 0 Å². The molecule has 1 amide bonds. The zero-order chi connectivity index (χ0) is 14.4. The van der Waals surface area contributed by atoms with Gasteiger partial charge < -0.3 is 5.32 Å². The third-order valence-electron chi connectivity index (χ3n) is 2.56. The Labute approximate surface area is 136 Å². The maximum Gasteiger partial charge on any atom is 0.234 e. The predicted octanol–water partition coefficient (Wildman–Crippen LogP) is 4.97. The zero-order valence-corrected chi connectivity index (χ0v) is 13.8. The number of carbonyl (C=O) groups is 1. The van der Waals surface area contributed by atoms with Crippen LogP contribution in [0.25, 0.3) is 0 Å². The minimum absolute atomic E-state index is 0.0238. The first-order valence-electron chi connectivity index (χ1n) is 6.02. The second-order valence-electron chi connectivity index (χ2n) is 4.14. The van der Waals surface area contributed by atoms with Gasteiger partial charge in [0.2, 0.25) is 5.91 Å². The summed E-state index contributed by atoms with van der Waals surface area (Å²) in [6, 6.07) is 15.2. The summed E-state index contributed by atoms with van der Waals surface area (Å²) in [5.41, 5.74) is 1.91. The molecule has 0 unspecified atom stereocenters. The average molecular weight is 371 g/mol. The molecule has 0 aliphatic carbocycles. The molecule has 0 aliphatic heterocycles. The van der Waals surface area contributed by atoms with Crippen LogP contribution in [0.1, 0.15) is 5.56 Å². The predicted molar refractivity (Wildman–Crippen MR) is 90.4 cm³/mol. The Morgan fingerprint density at radius 3 is 2.75 bits per heavy atom. The quantitative estimate of drug-likeness (QED) is 0.804. The monoisotopic (exact) mass is 369 g/mol. The molecule has 0 bridgehead atoms. The fourth-order valence-electron chi connectivity index (χ4n) is 1.63. The highest BCUT2D eigenvalue weighted by Gasteiger charge is 2.04. The lowest BCUT2D eigenvalue weighted by molar-refractivity contribution is -0.113. The van der Waals surface area contributed by atoms with Gasteiger partial charge in [-0.2, -0.15) is 0 Å². The molecule has 104 valence electrons. The van der Waals surface area contributed by atoms with Gasteiger partial charge in [-0.3, -0.25) is 4.79 Å². The fraction of sp³-hybridized carbons (Fsp3) is 0.133. The van der Waals surface area contributed by atoms with Gasteiger partial charge in [0.25, 0.3) is 0 Å². The Morgan fingerprint density at radius 1 is 1.20 bits per heavy atom. The first kappa shape index (κ1) is 15.4. The molecule has 20 heavy (non-hydrogen) atoms. The molecule has 0 atom stereocenters. The van der Waals surface area contributed by atoms with E-state index in [1.54, 1.807) is 23.9 Å². The summed E-state index contributed by atoms with van der Waals surface area (Å²) in [6.07, 6.45) is 0. The Hall–Kier alpha value is -0.970. The molecule has 2 aromatic carbocycles. The Bertz CT molecular complexity index is 606. The summed E-state index contributed by atoms with van der Waals surface area (Å²) in [5.74, 6) is 1.18. The van der Waals surface area contributed by atoms with E-state index in [1.165, 1.54) is 5.56 Å². The van der Waals surface area contributed by atoms with Crippen LogP contribution >= 0.6 is 39.3 Å². The van der Waals surface area contributed by atoms with Gasteiger partial charge in [0.1, 0.15) is 0 Å². The highest BCUT2D eigenvalue weighted by Crippen LogP contribution is 2.21. The summed E-state index contributed by atoms with van der Waals surface area (Å²) in [7, 11) is 0. The van der Waals surface area contributed by atoms with Crippen molar-refractivity contribution < 1.29 is 4.79 Å². The molecule has 2 aromatic rings. The molecule has 0 saturated carbocycles. The number of amides is 1. The first-order valence-corrected chi connectivity index (χ1v) is 8.34. The van der Waals surface area contributed by atoms with E-state index in [2.05, 4.69) is 21.2 Å². The maximum atomic E-state index is 11.8. The molecule has 0 aliphatic rings. The molecule has 0 fully saturated rings. The Balaban J connectivity index is 1.80. The second-order valence-corrected chi connectivity index (χ2v) is 6.42. The molecule has 0 aromatic heterocycles. The molecule has 0 radical (unpaired) electrons. The maximum absolute atomic E-state index is 11.8. The largest absolute Gasteiger partial charge is 0.325 e. The van der Waals surface area contributed by atoms with Crippen LogP contribution in [0, 0.1) is 0 Å². The summed E-state index contributed by atoms with van der Waals surface area (Å²) in [5, 5.41) is 3.44. The van der Waals surface area contributed by atoms with Crippen LogP contribution in [0.2, 0.25) is 5.02 Å². The van der Waals surface area contributed by atoms with Crippen molar-refractivity contribution in [2.75, 3.05) is 11.1 Å². The van der Waals surface area contributed by atoms with Crippen LogP contribution in [0.15, 0.2) is 53.0 Å². The van der Waals surface area contributed by atoms with Gasteiger partial charge in [-0.05, 0) is 29.8 Å². The topological polar surface area (TPSA) is 29.1 Å². The molecule has 5 heteroatoms. The molecule has 2 nitrogen and oxygen atoms in total. The van der Waals surface area contributed by atoms with Crippen molar-refractivity contribution in [3.05, 3.63) is 63.6 Å². The zero-order valence-electron chi connectivity index (χ0n) is 10.6. The van der Waals surface area contributed by atoms with E-state index in [0.29, 0.717) is 10.8 Å². The third kappa shape index (κ3) is 4.85. The van der Waals surface area contributed by atoms with Crippen molar-refractivity contribution in [3.8, 4) is 0 Å². The number of anilines is 1. The fourth-order valence-corrected chi connectivity index (χ4v) is 3.26. The van der Waals surface area contributed by atoms with Gasteiger partial charge in [-0.15, -0.1) is 11.8 Å². The molecular formula is C15H13BrClNOS. The van der Waals surface area contributed by atoms with E-state index >= 15 is 0 Å². The Morgan fingerprint density at radius 2 is 2.00 bits per heavy atom. The van der Waals surface area contributed by atoms with E-state index in [0.717, 1.165) is 15.9 Å². The van der Waals surface area contributed by atoms with Crippen LogP contribution in [0.4, 0.5) is 5.69 Å². The molecule has 0 heterocycles. The van der Waals surface area contributed by atoms with Crippen LogP contribution in [0.5, 0.6) is 0 Å². The van der Waals surface area contributed by atoms with E-state index in [9.17, 15) is 4.79 Å². The van der Waals surface area contributed by atoms with Crippen LogP contribution in [-0.2, 0) is 10.5 Å². The van der Waals surface area contributed by atoms with E-state index < -0.39 is 0 Å². The van der Waals surface area contributed by atoms with Crippen molar-refractivity contribution in [1.82, 2.24) is 0 Å². The number of carbonyl (C=O) groups excluding carboxylic acids is 1. The van der Waals surface area contributed by atoms with Gasteiger partial charge in [0.15, 0.2) is 0 Å².